The molecule has 2 atom stereocenters. The Labute approximate surface area is 220 Å². The van der Waals surface area contributed by atoms with Crippen LogP contribution in [0.25, 0.3) is 0 Å². The molecule has 0 saturated heterocycles. The summed E-state index contributed by atoms with van der Waals surface area (Å²) < 4.78 is 90.7. The molecule has 3 rings (SSSR count). The van der Waals surface area contributed by atoms with Gasteiger partial charge >= 0.3 is 24.5 Å². The lowest BCUT2D eigenvalue weighted by Crippen LogP contribution is -2.48. The van der Waals surface area contributed by atoms with Crippen LogP contribution in [0.2, 0.25) is 5.02 Å². The van der Waals surface area contributed by atoms with Gasteiger partial charge in [-0.05, 0) is 69.2 Å². The lowest BCUT2D eigenvalue weighted by Gasteiger charge is -2.42. The molecule has 0 saturated carbocycles. The summed E-state index contributed by atoms with van der Waals surface area (Å²) in [5.41, 5.74) is -2.73. The van der Waals surface area contributed by atoms with Crippen LogP contribution in [0.1, 0.15) is 55.5 Å². The van der Waals surface area contributed by atoms with Crippen LogP contribution >= 0.6 is 11.6 Å². The van der Waals surface area contributed by atoms with Crippen molar-refractivity contribution in [3.8, 4) is 0 Å². The number of hydrogen-bond donors (Lipinski definition) is 0. The highest BCUT2D eigenvalue weighted by Crippen LogP contribution is 2.43. The zero-order valence-corrected chi connectivity index (χ0v) is 21.5. The van der Waals surface area contributed by atoms with Gasteiger partial charge in [-0.3, -0.25) is 9.80 Å². The number of hydrogen-bond acceptors (Lipinski definition) is 4. The van der Waals surface area contributed by atoms with Gasteiger partial charge in [-0.1, -0.05) is 11.6 Å². The van der Waals surface area contributed by atoms with E-state index in [0.29, 0.717) is 23.4 Å². The number of ether oxygens (including phenoxy) is 2. The third-order valence-corrected chi connectivity index (χ3v) is 6.17. The predicted molar refractivity (Wildman–Crippen MR) is 127 cm³/mol. The molecule has 0 bridgehead atoms. The number of benzene rings is 2. The number of halogens is 7. The van der Waals surface area contributed by atoms with Gasteiger partial charge in [-0.25, -0.2) is 9.59 Å². The molecule has 0 unspecified atom stereocenters. The molecule has 0 fully saturated rings. The molecule has 0 N–H and O–H groups in total. The van der Waals surface area contributed by atoms with Crippen molar-refractivity contribution in [1.82, 2.24) is 4.90 Å². The molecular formula is C25H25ClF6N2O4. The van der Waals surface area contributed by atoms with Gasteiger partial charge < -0.3 is 9.47 Å². The maximum atomic E-state index is 13.4. The molecular weight excluding hydrogens is 542 g/mol. The second-order valence-corrected chi connectivity index (χ2v) is 9.55. The second kappa shape index (κ2) is 10.9. The van der Waals surface area contributed by atoms with Gasteiger partial charge in [0, 0.05) is 23.2 Å². The summed E-state index contributed by atoms with van der Waals surface area (Å²) in [6.45, 7) is 4.37. The largest absolute Gasteiger partial charge is 0.453 e. The summed E-state index contributed by atoms with van der Waals surface area (Å²) in [7, 11) is 1.04. The Morgan fingerprint density at radius 1 is 1.05 bits per heavy atom. The van der Waals surface area contributed by atoms with Crippen molar-refractivity contribution in [3.05, 3.63) is 63.7 Å². The maximum absolute atomic E-state index is 13.4. The van der Waals surface area contributed by atoms with Gasteiger partial charge in [-0.15, -0.1) is 0 Å². The Hall–Kier alpha value is -3.15. The van der Waals surface area contributed by atoms with Crippen LogP contribution in [0.4, 0.5) is 41.6 Å². The molecule has 1 heterocycles. The third kappa shape index (κ3) is 6.46. The Kier molecular flexibility index (Phi) is 8.45. The SMILES string of the molecule is COC(=O)N(Cc1cc(C(F)(F)F)cc(C(F)(F)F)c1)[C@H]1C[C@@H](C)N(C(=O)OC(C)C)c2ccc(Cl)cc21. The normalized spacial score (nSPS) is 17.7. The molecule has 6 nitrogen and oxygen atoms in total. The van der Waals surface area contributed by atoms with Crippen molar-refractivity contribution < 1.29 is 45.4 Å². The number of nitrogens with zero attached hydrogens (tertiary/aromatic N) is 2. The van der Waals surface area contributed by atoms with Gasteiger partial charge in [0.2, 0.25) is 0 Å². The number of carbonyl (C=O) groups is 2. The van der Waals surface area contributed by atoms with Gasteiger partial charge in [0.05, 0.1) is 36.1 Å². The molecule has 0 aliphatic carbocycles. The number of amides is 2. The Bertz CT molecular complexity index is 1170. The average molecular weight is 567 g/mol. The minimum Gasteiger partial charge on any atom is -0.453 e. The molecule has 1 aliphatic heterocycles. The first-order valence-corrected chi connectivity index (χ1v) is 11.8. The number of rotatable bonds is 4. The van der Waals surface area contributed by atoms with Crippen LogP contribution in [0.3, 0.4) is 0 Å². The Morgan fingerprint density at radius 3 is 2.13 bits per heavy atom. The Balaban J connectivity index is 2.12. The smallest absolute Gasteiger partial charge is 0.416 e. The van der Waals surface area contributed by atoms with E-state index in [4.69, 9.17) is 21.1 Å². The van der Waals surface area contributed by atoms with E-state index in [1.54, 1.807) is 20.8 Å². The van der Waals surface area contributed by atoms with E-state index in [-0.39, 0.29) is 17.5 Å². The molecule has 1 aliphatic rings. The molecule has 0 radical (unpaired) electrons. The van der Waals surface area contributed by atoms with E-state index in [0.717, 1.165) is 12.0 Å². The van der Waals surface area contributed by atoms with E-state index >= 15 is 0 Å². The van der Waals surface area contributed by atoms with Crippen LogP contribution in [-0.2, 0) is 28.4 Å². The van der Waals surface area contributed by atoms with E-state index < -0.39 is 66.0 Å². The predicted octanol–water partition coefficient (Wildman–Crippen LogP) is 7.83. The zero-order valence-electron chi connectivity index (χ0n) is 20.8. The molecule has 2 amide bonds. The minimum atomic E-state index is -5.05. The van der Waals surface area contributed by atoms with Gasteiger partial charge in [0.15, 0.2) is 0 Å². The first-order valence-electron chi connectivity index (χ1n) is 11.4. The average Bonchev–Trinajstić information content (AvgIpc) is 2.80. The second-order valence-electron chi connectivity index (χ2n) is 9.12. The highest BCUT2D eigenvalue weighted by molar-refractivity contribution is 6.30. The summed E-state index contributed by atoms with van der Waals surface area (Å²) in [4.78, 5) is 28.1. The summed E-state index contributed by atoms with van der Waals surface area (Å²) >= 11 is 6.19. The number of methoxy groups -OCH3 is 1. The van der Waals surface area contributed by atoms with E-state index in [2.05, 4.69) is 0 Å². The number of fused-ring (bicyclic) bond motifs is 1. The van der Waals surface area contributed by atoms with Crippen LogP contribution in [0.15, 0.2) is 36.4 Å². The van der Waals surface area contributed by atoms with Gasteiger partial charge in [0.1, 0.15) is 0 Å². The molecule has 13 heteroatoms. The van der Waals surface area contributed by atoms with Crippen molar-refractivity contribution in [2.24, 2.45) is 0 Å². The molecule has 0 spiro atoms. The fourth-order valence-corrected chi connectivity index (χ4v) is 4.54. The number of carbonyl (C=O) groups excluding carboxylic acids is 2. The first-order chi connectivity index (χ1) is 17.5. The minimum absolute atomic E-state index is 0.0158. The molecule has 208 valence electrons. The van der Waals surface area contributed by atoms with E-state index in [9.17, 15) is 35.9 Å². The van der Waals surface area contributed by atoms with Gasteiger partial charge in [0.25, 0.3) is 0 Å². The van der Waals surface area contributed by atoms with Gasteiger partial charge in [-0.2, -0.15) is 26.3 Å². The van der Waals surface area contributed by atoms with Crippen molar-refractivity contribution in [2.75, 3.05) is 12.0 Å². The van der Waals surface area contributed by atoms with Crippen molar-refractivity contribution in [1.29, 1.82) is 0 Å². The summed E-state index contributed by atoms with van der Waals surface area (Å²) in [6, 6.07) is 4.18. The molecule has 38 heavy (non-hydrogen) atoms. The highest BCUT2D eigenvalue weighted by Gasteiger charge is 2.41. The molecule has 2 aromatic rings. The first kappa shape index (κ1) is 29.4. The summed E-state index contributed by atoms with van der Waals surface area (Å²) in [5, 5.41) is 0.240. The fourth-order valence-electron chi connectivity index (χ4n) is 4.36. The third-order valence-electron chi connectivity index (χ3n) is 5.93. The molecule has 2 aromatic carbocycles. The monoisotopic (exact) mass is 566 g/mol. The van der Waals surface area contributed by atoms with Crippen LogP contribution in [0, 0.1) is 0 Å². The Morgan fingerprint density at radius 2 is 1.63 bits per heavy atom. The van der Waals surface area contributed by atoms with Crippen molar-refractivity contribution in [3.63, 3.8) is 0 Å². The van der Waals surface area contributed by atoms with Crippen molar-refractivity contribution >= 4 is 29.5 Å². The summed E-state index contributed by atoms with van der Waals surface area (Å²) in [6.07, 6.45) is -12.1. The lowest BCUT2D eigenvalue weighted by molar-refractivity contribution is -0.143. The maximum Gasteiger partial charge on any atom is 0.416 e. The van der Waals surface area contributed by atoms with Crippen LogP contribution in [-0.4, -0.2) is 36.3 Å². The van der Waals surface area contributed by atoms with Crippen molar-refractivity contribution in [2.45, 2.75) is 64.3 Å². The standard InChI is InChI=1S/C25H25ClF6N2O4/c1-13(2)38-23(36)34-14(3)7-21(19-11-18(26)5-6-20(19)34)33(22(35)37-4)12-15-8-16(24(27,28)29)10-17(9-15)25(30,31)32/h5-6,8-11,13-14,21H,7,12H2,1-4H3/t14-,21+/m1/s1. The van der Waals surface area contributed by atoms with Crippen LogP contribution in [0.5, 0.6) is 0 Å². The highest BCUT2D eigenvalue weighted by atomic mass is 35.5. The van der Waals surface area contributed by atoms with Crippen LogP contribution < -0.4 is 4.90 Å². The number of anilines is 1. The van der Waals surface area contributed by atoms with E-state index in [1.807, 2.05) is 0 Å². The quantitative estimate of drug-likeness (QED) is 0.354. The summed E-state index contributed by atoms with van der Waals surface area (Å²) in [5.74, 6) is 0. The topological polar surface area (TPSA) is 59.1 Å². The number of alkyl halides is 6. The van der Waals surface area contributed by atoms with E-state index in [1.165, 1.54) is 23.1 Å². The zero-order chi connectivity index (χ0) is 28.6. The lowest BCUT2D eigenvalue weighted by atomic mass is 9.90. The molecule has 0 aromatic heterocycles. The fraction of sp³-hybridized carbons (Fsp3) is 0.440.